The summed E-state index contributed by atoms with van der Waals surface area (Å²) in [4.78, 5) is 11.9. The number of nitrogens with zero attached hydrogens (tertiary/aromatic N) is 2. The van der Waals surface area contributed by atoms with Crippen molar-refractivity contribution in [2.24, 2.45) is 5.41 Å². The minimum Gasteiger partial charge on any atom is -0.381 e. The lowest BCUT2D eigenvalue weighted by atomic mass is 9.81. The van der Waals surface area contributed by atoms with Crippen LogP contribution in [0.3, 0.4) is 0 Å². The molecule has 6 nitrogen and oxygen atoms in total. The molecule has 2 heterocycles. The predicted molar refractivity (Wildman–Crippen MR) is 53.2 cm³/mol. The van der Waals surface area contributed by atoms with Gasteiger partial charge in [0, 0.05) is 13.2 Å². The zero-order valence-corrected chi connectivity index (χ0v) is 8.62. The van der Waals surface area contributed by atoms with Gasteiger partial charge in [0.25, 0.3) is 0 Å². The molecule has 6 heteroatoms. The summed E-state index contributed by atoms with van der Waals surface area (Å²) in [7, 11) is 0. The smallest absolute Gasteiger partial charge is 0.231 e. The number of carbonyl (C=O) groups is 1. The van der Waals surface area contributed by atoms with E-state index in [1.165, 1.54) is 6.20 Å². The summed E-state index contributed by atoms with van der Waals surface area (Å²) in [6.07, 6.45) is 2.98. The van der Waals surface area contributed by atoms with Gasteiger partial charge in [-0.15, -0.1) is 5.10 Å². The minimum absolute atomic E-state index is 0.0142. The van der Waals surface area contributed by atoms with Gasteiger partial charge in [-0.1, -0.05) is 6.92 Å². The van der Waals surface area contributed by atoms with E-state index in [0.29, 0.717) is 19.0 Å². The average molecular weight is 210 g/mol. The van der Waals surface area contributed by atoms with Crippen LogP contribution in [0, 0.1) is 5.41 Å². The highest BCUT2D eigenvalue weighted by Gasteiger charge is 2.35. The Balaban J connectivity index is 2.00. The van der Waals surface area contributed by atoms with Crippen molar-refractivity contribution in [2.45, 2.75) is 19.8 Å². The van der Waals surface area contributed by atoms with Crippen molar-refractivity contribution in [3.8, 4) is 0 Å². The summed E-state index contributed by atoms with van der Waals surface area (Å²) in [6.45, 7) is 3.23. The van der Waals surface area contributed by atoms with E-state index in [4.69, 9.17) is 4.74 Å². The van der Waals surface area contributed by atoms with Crippen molar-refractivity contribution in [2.75, 3.05) is 18.5 Å². The van der Waals surface area contributed by atoms with Gasteiger partial charge in [0.05, 0.1) is 11.6 Å². The molecule has 1 fully saturated rings. The van der Waals surface area contributed by atoms with Crippen LogP contribution in [0.25, 0.3) is 0 Å². The third-order valence-electron chi connectivity index (χ3n) is 2.80. The third kappa shape index (κ3) is 2.15. The van der Waals surface area contributed by atoms with Crippen LogP contribution < -0.4 is 5.32 Å². The van der Waals surface area contributed by atoms with E-state index in [1.54, 1.807) is 0 Å². The number of rotatable bonds is 2. The Hall–Kier alpha value is -1.43. The molecule has 0 spiro atoms. The summed E-state index contributed by atoms with van der Waals surface area (Å²) in [6, 6.07) is 0. The normalized spacial score (nSPS) is 19.8. The van der Waals surface area contributed by atoms with Crippen LogP contribution in [0.1, 0.15) is 19.8 Å². The second kappa shape index (κ2) is 3.98. The lowest BCUT2D eigenvalue weighted by Crippen LogP contribution is -2.38. The first-order valence-electron chi connectivity index (χ1n) is 4.96. The van der Waals surface area contributed by atoms with Crippen LogP contribution in [-0.2, 0) is 9.53 Å². The van der Waals surface area contributed by atoms with Crippen LogP contribution in [-0.4, -0.2) is 34.5 Å². The monoisotopic (exact) mass is 210 g/mol. The number of H-pyrrole nitrogens is 1. The molecule has 1 amide bonds. The molecule has 2 N–H and O–H groups in total. The fourth-order valence-corrected chi connectivity index (χ4v) is 1.58. The summed E-state index contributed by atoms with van der Waals surface area (Å²) in [5, 5.41) is 12.6. The van der Waals surface area contributed by atoms with Gasteiger partial charge in [-0.3, -0.25) is 4.79 Å². The number of nitrogens with one attached hydrogen (secondary N) is 2. The first-order chi connectivity index (χ1) is 7.21. The summed E-state index contributed by atoms with van der Waals surface area (Å²) in [5.74, 6) is 0.451. The lowest BCUT2D eigenvalue weighted by Gasteiger charge is -2.31. The van der Waals surface area contributed by atoms with Gasteiger partial charge in [0.1, 0.15) is 0 Å². The maximum Gasteiger partial charge on any atom is 0.231 e. The van der Waals surface area contributed by atoms with Gasteiger partial charge in [-0.25, -0.2) is 0 Å². The largest absolute Gasteiger partial charge is 0.381 e. The van der Waals surface area contributed by atoms with Gasteiger partial charge in [0.2, 0.25) is 5.91 Å². The Morgan fingerprint density at radius 1 is 1.60 bits per heavy atom. The molecule has 2 rings (SSSR count). The molecular weight excluding hydrogens is 196 g/mol. The Labute approximate surface area is 87.4 Å². The number of aromatic nitrogens is 3. The molecule has 1 aliphatic rings. The third-order valence-corrected chi connectivity index (χ3v) is 2.80. The highest BCUT2D eigenvalue weighted by atomic mass is 16.5. The standard InChI is InChI=1S/C9H14N4O2/c1-9(2-4-15-5-3-9)8(14)11-7-6-10-13-12-7/h6H,2-5H2,1H3,(H2,10,11,12,13,14). The van der Waals surface area contributed by atoms with E-state index < -0.39 is 0 Å². The Morgan fingerprint density at radius 3 is 2.93 bits per heavy atom. The lowest BCUT2D eigenvalue weighted by molar-refractivity contribution is -0.129. The maximum atomic E-state index is 11.9. The molecule has 1 saturated heterocycles. The maximum absolute atomic E-state index is 11.9. The highest BCUT2D eigenvalue weighted by Crippen LogP contribution is 2.30. The number of ether oxygens (including phenoxy) is 1. The minimum atomic E-state index is -0.350. The first-order valence-corrected chi connectivity index (χ1v) is 4.96. The predicted octanol–water partition coefficient (Wildman–Crippen LogP) is 0.560. The number of carbonyl (C=O) groups excluding carboxylic acids is 1. The van der Waals surface area contributed by atoms with Gasteiger partial charge in [0.15, 0.2) is 5.82 Å². The number of hydrogen-bond donors (Lipinski definition) is 2. The number of hydrogen-bond acceptors (Lipinski definition) is 4. The van der Waals surface area contributed by atoms with Crippen molar-refractivity contribution in [1.82, 2.24) is 15.4 Å². The van der Waals surface area contributed by atoms with Crippen molar-refractivity contribution < 1.29 is 9.53 Å². The molecule has 0 bridgehead atoms. The number of aromatic amines is 1. The molecule has 0 saturated carbocycles. The van der Waals surface area contributed by atoms with Crippen LogP contribution in [0.4, 0.5) is 5.82 Å². The zero-order chi connectivity index (χ0) is 10.7. The topological polar surface area (TPSA) is 79.9 Å². The molecule has 82 valence electrons. The quantitative estimate of drug-likeness (QED) is 0.747. The van der Waals surface area contributed by atoms with Crippen LogP contribution >= 0.6 is 0 Å². The summed E-state index contributed by atoms with van der Waals surface area (Å²) < 4.78 is 5.24. The van der Waals surface area contributed by atoms with E-state index in [-0.39, 0.29) is 11.3 Å². The van der Waals surface area contributed by atoms with Gasteiger partial charge < -0.3 is 10.1 Å². The molecule has 0 aliphatic carbocycles. The fraction of sp³-hybridized carbons (Fsp3) is 0.667. The molecule has 0 unspecified atom stereocenters. The van der Waals surface area contributed by atoms with Crippen molar-refractivity contribution in [3.63, 3.8) is 0 Å². The molecular formula is C9H14N4O2. The molecule has 1 aromatic rings. The Kier molecular flexibility index (Phi) is 2.68. The molecule has 0 radical (unpaired) electrons. The second-order valence-corrected chi connectivity index (χ2v) is 3.98. The summed E-state index contributed by atoms with van der Waals surface area (Å²) >= 11 is 0. The molecule has 0 aromatic carbocycles. The molecule has 1 aliphatic heterocycles. The number of amides is 1. The molecule has 1 aromatic heterocycles. The van der Waals surface area contributed by atoms with Crippen LogP contribution in [0.2, 0.25) is 0 Å². The van der Waals surface area contributed by atoms with Crippen LogP contribution in [0.5, 0.6) is 0 Å². The Bertz CT molecular complexity index is 330. The van der Waals surface area contributed by atoms with Crippen molar-refractivity contribution in [1.29, 1.82) is 0 Å². The van der Waals surface area contributed by atoms with E-state index in [0.717, 1.165) is 12.8 Å². The van der Waals surface area contributed by atoms with Gasteiger partial charge in [-0.2, -0.15) is 10.3 Å². The van der Waals surface area contributed by atoms with E-state index in [1.807, 2.05) is 6.92 Å². The SMILES string of the molecule is CC1(C(=O)Nc2cn[nH]n2)CCOCC1. The average Bonchev–Trinajstić information content (AvgIpc) is 2.71. The first kappa shape index (κ1) is 10.1. The zero-order valence-electron chi connectivity index (χ0n) is 8.62. The fourth-order valence-electron chi connectivity index (χ4n) is 1.58. The summed E-state index contributed by atoms with van der Waals surface area (Å²) in [5.41, 5.74) is -0.350. The molecule has 0 atom stereocenters. The van der Waals surface area contributed by atoms with Crippen LogP contribution in [0.15, 0.2) is 6.20 Å². The van der Waals surface area contributed by atoms with E-state index in [9.17, 15) is 4.79 Å². The van der Waals surface area contributed by atoms with Gasteiger partial charge >= 0.3 is 0 Å². The van der Waals surface area contributed by atoms with Crippen molar-refractivity contribution >= 4 is 11.7 Å². The van der Waals surface area contributed by atoms with E-state index in [2.05, 4.69) is 20.7 Å². The number of anilines is 1. The van der Waals surface area contributed by atoms with Crippen molar-refractivity contribution in [3.05, 3.63) is 6.20 Å². The second-order valence-electron chi connectivity index (χ2n) is 3.98. The highest BCUT2D eigenvalue weighted by molar-refractivity contribution is 5.94. The van der Waals surface area contributed by atoms with E-state index >= 15 is 0 Å². The Morgan fingerprint density at radius 2 is 2.33 bits per heavy atom. The molecule has 15 heavy (non-hydrogen) atoms. The van der Waals surface area contributed by atoms with Gasteiger partial charge in [-0.05, 0) is 12.8 Å².